The molecule has 16 N–H and O–H groups in total. The smallest absolute Gasteiger partial charge is 0.246 e. The highest BCUT2D eigenvalue weighted by Crippen LogP contribution is 2.26. The summed E-state index contributed by atoms with van der Waals surface area (Å²) in [6, 6.07) is 3.29. The average molecular weight is 1060 g/mol. The number of phenolic OH excluding ortho intramolecular Hbond substituents is 1. The predicted octanol–water partition coefficient (Wildman–Crippen LogP) is -3.02. The molecule has 0 bridgehead atoms. The Hall–Kier alpha value is -6.93. The van der Waals surface area contributed by atoms with E-state index in [4.69, 9.17) is 22.9 Å². The molecule has 2 aliphatic heterocycles. The lowest BCUT2D eigenvalue weighted by molar-refractivity contribution is -0.142. The summed E-state index contributed by atoms with van der Waals surface area (Å²) in [4.78, 5) is 149. The standard InChI is InChI=1S/C47H66N12O12S2/c1-3-25(2)39(46(70)52-18-17-37(50)62)58-45(69)35-10-7-19-59(35)47(71)34-24-73-72-23-29(48)40(64)54-31(21-27-11-13-28(60)14-12-27)43(67)55-32(20-26-8-5-4-6-9-26)42(66)53-30(15-16-36(49)61)41(65)56-33(22-38(51)63)44(68)57-34/h4-6,8-9,11-14,25,29-35,39,60H,3,7,10,15-24,48H2,1-2H3,(H2,49,61)(H2,50,62)(H2,51,63)(H,52,70)(H,53,66)(H,54,64)(H,55,67)(H,56,65)(H,57,68)(H,58,69)/t25-,29-,30-,31?,32-,33?,34?,35-,39-/m0/s1. The molecule has 398 valence electrons. The highest BCUT2D eigenvalue weighted by Gasteiger charge is 2.41. The van der Waals surface area contributed by atoms with Gasteiger partial charge in [-0.05, 0) is 48.4 Å². The summed E-state index contributed by atoms with van der Waals surface area (Å²) in [5.74, 6) is -9.95. The van der Waals surface area contributed by atoms with Crippen molar-refractivity contribution >= 4 is 86.6 Å². The van der Waals surface area contributed by atoms with Crippen molar-refractivity contribution < 1.29 is 57.8 Å². The fourth-order valence-electron chi connectivity index (χ4n) is 7.83. The van der Waals surface area contributed by atoms with Gasteiger partial charge in [0.15, 0.2) is 0 Å². The summed E-state index contributed by atoms with van der Waals surface area (Å²) in [6.45, 7) is 3.55. The van der Waals surface area contributed by atoms with Crippen molar-refractivity contribution in [1.29, 1.82) is 0 Å². The Morgan fingerprint density at radius 2 is 1.26 bits per heavy atom. The summed E-state index contributed by atoms with van der Waals surface area (Å²) in [6.07, 6.45) is -1.05. The first-order valence-corrected chi connectivity index (χ1v) is 26.2. The van der Waals surface area contributed by atoms with Crippen LogP contribution >= 0.6 is 21.6 Å². The average Bonchev–Trinajstić information content (AvgIpc) is 3.85. The summed E-state index contributed by atoms with van der Waals surface area (Å²) in [7, 11) is 2.05. The molecule has 2 heterocycles. The lowest BCUT2D eigenvalue weighted by Gasteiger charge is -2.31. The zero-order chi connectivity index (χ0) is 53.8. The van der Waals surface area contributed by atoms with E-state index in [9.17, 15) is 57.8 Å². The minimum atomic E-state index is -1.77. The van der Waals surface area contributed by atoms with E-state index in [1.54, 1.807) is 37.3 Å². The van der Waals surface area contributed by atoms with Crippen molar-refractivity contribution in [2.45, 2.75) is 120 Å². The van der Waals surface area contributed by atoms with E-state index in [1.165, 1.54) is 29.2 Å². The molecule has 0 radical (unpaired) electrons. The minimum Gasteiger partial charge on any atom is -0.508 e. The van der Waals surface area contributed by atoms with Crippen LogP contribution in [0.2, 0.25) is 0 Å². The van der Waals surface area contributed by atoms with E-state index in [1.807, 2.05) is 6.92 Å². The van der Waals surface area contributed by atoms with Crippen LogP contribution in [0.15, 0.2) is 54.6 Å². The SMILES string of the molecule is CC[C@H](C)[C@H](NC(=O)[C@@H]1CCCN1C(=O)C1CSSC[C@H](N)C(=O)NC(Cc2ccc(O)cc2)C(=O)N[C@@H](Cc2ccccc2)C(=O)N[C@@H](CCC(N)=O)C(=O)NC(CC(N)=O)C(=O)N1)C(=O)NCCC(N)=O. The third-order valence-electron chi connectivity index (χ3n) is 12.1. The molecule has 2 aliphatic rings. The van der Waals surface area contributed by atoms with Crippen LogP contribution in [0.1, 0.15) is 69.9 Å². The highest BCUT2D eigenvalue weighted by atomic mass is 33.1. The molecule has 2 aromatic carbocycles. The van der Waals surface area contributed by atoms with Gasteiger partial charge in [0.05, 0.1) is 12.5 Å². The molecule has 0 saturated carbocycles. The summed E-state index contributed by atoms with van der Waals surface area (Å²) >= 11 is 0. The van der Waals surface area contributed by atoms with Gasteiger partial charge in [0.1, 0.15) is 48.0 Å². The maximum atomic E-state index is 14.6. The van der Waals surface area contributed by atoms with Gasteiger partial charge in [-0.2, -0.15) is 0 Å². The van der Waals surface area contributed by atoms with Gasteiger partial charge in [-0.15, -0.1) is 0 Å². The summed E-state index contributed by atoms with van der Waals surface area (Å²) < 4.78 is 0. The zero-order valence-corrected chi connectivity index (χ0v) is 42.2. The van der Waals surface area contributed by atoms with Crippen LogP contribution in [0.3, 0.4) is 0 Å². The molecule has 9 atom stereocenters. The van der Waals surface area contributed by atoms with Crippen LogP contribution in [0.4, 0.5) is 0 Å². The molecule has 0 aliphatic carbocycles. The molecule has 0 spiro atoms. The molecule has 3 unspecified atom stereocenters. The molecule has 24 nitrogen and oxygen atoms in total. The van der Waals surface area contributed by atoms with Gasteiger partial charge in [0.2, 0.25) is 65.0 Å². The zero-order valence-electron chi connectivity index (χ0n) is 40.6. The lowest BCUT2D eigenvalue weighted by atomic mass is 9.97. The highest BCUT2D eigenvalue weighted by molar-refractivity contribution is 8.76. The van der Waals surface area contributed by atoms with Crippen LogP contribution in [0.25, 0.3) is 0 Å². The van der Waals surface area contributed by atoms with Gasteiger partial charge < -0.3 is 70.2 Å². The van der Waals surface area contributed by atoms with E-state index >= 15 is 0 Å². The number of nitrogens with one attached hydrogen (secondary N) is 7. The van der Waals surface area contributed by atoms with E-state index in [0.29, 0.717) is 24.0 Å². The predicted molar refractivity (Wildman–Crippen MR) is 270 cm³/mol. The van der Waals surface area contributed by atoms with E-state index in [-0.39, 0.29) is 61.9 Å². The number of nitrogens with two attached hydrogens (primary N) is 4. The molecular formula is C47H66N12O12S2. The van der Waals surface area contributed by atoms with E-state index in [2.05, 4.69) is 37.2 Å². The first-order valence-electron chi connectivity index (χ1n) is 23.7. The number of hydrogen-bond acceptors (Lipinski definition) is 15. The number of primary amides is 3. The molecule has 2 aromatic rings. The Morgan fingerprint density at radius 1 is 0.712 bits per heavy atom. The molecule has 4 rings (SSSR count). The van der Waals surface area contributed by atoms with Crippen LogP contribution in [-0.2, 0) is 65.6 Å². The molecule has 0 aromatic heterocycles. The van der Waals surface area contributed by atoms with Crippen molar-refractivity contribution in [3.63, 3.8) is 0 Å². The lowest BCUT2D eigenvalue weighted by Crippen LogP contribution is -2.61. The number of hydrogen-bond donors (Lipinski definition) is 12. The number of nitrogens with zero attached hydrogens (tertiary/aromatic N) is 1. The van der Waals surface area contributed by atoms with Crippen molar-refractivity contribution in [1.82, 2.24) is 42.1 Å². The van der Waals surface area contributed by atoms with Gasteiger partial charge >= 0.3 is 0 Å². The van der Waals surface area contributed by atoms with Gasteiger partial charge in [0, 0.05) is 50.3 Å². The van der Waals surface area contributed by atoms with Crippen LogP contribution in [0.5, 0.6) is 5.75 Å². The summed E-state index contributed by atoms with van der Waals surface area (Å²) in [5, 5.41) is 28.1. The van der Waals surface area contributed by atoms with Gasteiger partial charge in [-0.1, -0.05) is 84.3 Å². The van der Waals surface area contributed by atoms with Crippen LogP contribution in [0, 0.1) is 5.92 Å². The number of rotatable bonds is 18. The third-order valence-corrected chi connectivity index (χ3v) is 14.5. The minimum absolute atomic E-state index is 0.0534. The van der Waals surface area contributed by atoms with E-state index in [0.717, 1.165) is 21.6 Å². The second-order valence-corrected chi connectivity index (χ2v) is 20.3. The number of amides is 11. The molecular weight excluding hydrogens is 989 g/mol. The third kappa shape index (κ3) is 18.9. The maximum absolute atomic E-state index is 14.6. The monoisotopic (exact) mass is 1050 g/mol. The Morgan fingerprint density at radius 3 is 1.86 bits per heavy atom. The van der Waals surface area contributed by atoms with Crippen molar-refractivity contribution in [2.24, 2.45) is 28.9 Å². The Bertz CT molecular complexity index is 2310. The number of carbonyl (C=O) groups is 11. The number of phenols is 1. The fraction of sp³-hybridized carbons (Fsp3) is 0.511. The van der Waals surface area contributed by atoms with E-state index < -0.39 is 133 Å². The van der Waals surface area contributed by atoms with Gasteiger partial charge in [0.25, 0.3) is 0 Å². The summed E-state index contributed by atoms with van der Waals surface area (Å²) in [5.41, 5.74) is 23.6. The Labute approximate surface area is 429 Å². The Kier molecular flexibility index (Phi) is 23.2. The normalized spacial score (nSPS) is 23.5. The maximum Gasteiger partial charge on any atom is 0.246 e. The fourth-order valence-corrected chi connectivity index (χ4v) is 10.1. The van der Waals surface area contributed by atoms with Gasteiger partial charge in [-0.3, -0.25) is 52.7 Å². The second kappa shape index (κ2) is 28.9. The number of aromatic hydroxyl groups is 1. The van der Waals surface area contributed by atoms with Gasteiger partial charge in [-0.25, -0.2) is 0 Å². The Balaban J connectivity index is 1.71. The quantitative estimate of drug-likeness (QED) is 0.0662. The molecule has 2 saturated heterocycles. The van der Waals surface area contributed by atoms with Crippen LogP contribution in [-0.4, -0.2) is 148 Å². The molecule has 2 fully saturated rings. The molecule has 73 heavy (non-hydrogen) atoms. The van der Waals surface area contributed by atoms with Crippen molar-refractivity contribution in [2.75, 3.05) is 24.6 Å². The van der Waals surface area contributed by atoms with Crippen molar-refractivity contribution in [3.8, 4) is 5.75 Å². The largest absolute Gasteiger partial charge is 0.508 e. The first-order chi connectivity index (χ1) is 34.7. The molecule has 26 heteroatoms. The number of likely N-dealkylation sites (tertiary alicyclic amines) is 1. The molecule has 11 amide bonds. The van der Waals surface area contributed by atoms with Crippen molar-refractivity contribution in [3.05, 3.63) is 65.7 Å². The number of benzene rings is 2. The van der Waals surface area contributed by atoms with Crippen LogP contribution < -0.4 is 60.2 Å². The second-order valence-electron chi connectivity index (χ2n) is 17.8. The first kappa shape index (κ1) is 58.6. The topological polar surface area (TPSA) is 400 Å². The number of carbonyl (C=O) groups excluding carboxylic acids is 11.